The summed E-state index contributed by atoms with van der Waals surface area (Å²) in [6, 6.07) is 5.38. The smallest absolute Gasteiger partial charge is 0.165 e. The maximum Gasteiger partial charge on any atom is 0.165 e. The van der Waals surface area contributed by atoms with E-state index in [1.54, 1.807) is 10.7 Å². The molecule has 21 heavy (non-hydrogen) atoms. The zero-order valence-electron chi connectivity index (χ0n) is 12.6. The summed E-state index contributed by atoms with van der Waals surface area (Å²) in [7, 11) is 0. The molecule has 114 valence electrons. The Morgan fingerprint density at radius 2 is 2.00 bits per heavy atom. The Bertz CT molecular complexity index is 618. The summed E-state index contributed by atoms with van der Waals surface area (Å²) < 4.78 is 1.77. The van der Waals surface area contributed by atoms with Crippen LogP contribution in [0.5, 0.6) is 0 Å². The summed E-state index contributed by atoms with van der Waals surface area (Å²) in [6.07, 6.45) is 0. The summed E-state index contributed by atoms with van der Waals surface area (Å²) in [5.41, 5.74) is 0.933. The van der Waals surface area contributed by atoms with Crippen molar-refractivity contribution in [1.82, 2.24) is 25.5 Å². The Balaban J connectivity index is 2.24. The molecular formula is C14H19Cl2N5. The molecule has 0 aliphatic heterocycles. The number of hydrogen-bond donors (Lipinski definition) is 1. The molecule has 0 aliphatic rings. The lowest BCUT2D eigenvalue weighted by Gasteiger charge is -2.21. The van der Waals surface area contributed by atoms with E-state index in [1.165, 1.54) is 0 Å². The van der Waals surface area contributed by atoms with Gasteiger partial charge in [-0.15, -0.1) is 5.10 Å². The second-order valence-electron chi connectivity index (χ2n) is 5.99. The molecule has 1 aromatic carbocycles. The van der Waals surface area contributed by atoms with Crippen molar-refractivity contribution >= 4 is 23.2 Å². The molecule has 2 aromatic rings. The van der Waals surface area contributed by atoms with Gasteiger partial charge in [0.1, 0.15) is 0 Å². The van der Waals surface area contributed by atoms with Gasteiger partial charge in [0, 0.05) is 15.6 Å². The van der Waals surface area contributed by atoms with Crippen LogP contribution in [0.15, 0.2) is 18.2 Å². The first kappa shape index (κ1) is 16.2. The first-order chi connectivity index (χ1) is 9.78. The molecule has 1 N–H and O–H groups in total. The van der Waals surface area contributed by atoms with Crippen LogP contribution in [0.1, 0.15) is 45.1 Å². The summed E-state index contributed by atoms with van der Waals surface area (Å²) in [6.45, 7) is 8.89. The highest BCUT2D eigenvalue weighted by Crippen LogP contribution is 2.28. The van der Waals surface area contributed by atoms with E-state index in [9.17, 15) is 0 Å². The topological polar surface area (TPSA) is 55.6 Å². The molecule has 5 nitrogen and oxygen atoms in total. The summed E-state index contributed by atoms with van der Waals surface area (Å²) >= 11 is 12.2. The van der Waals surface area contributed by atoms with E-state index in [2.05, 4.69) is 41.6 Å². The van der Waals surface area contributed by atoms with Crippen molar-refractivity contribution in [3.05, 3.63) is 39.6 Å². The van der Waals surface area contributed by atoms with Gasteiger partial charge in [0.25, 0.3) is 0 Å². The van der Waals surface area contributed by atoms with Crippen LogP contribution in [0.2, 0.25) is 10.0 Å². The number of nitrogens with one attached hydrogen (secondary N) is 1. The van der Waals surface area contributed by atoms with E-state index in [4.69, 9.17) is 23.2 Å². The van der Waals surface area contributed by atoms with Crippen molar-refractivity contribution in [2.24, 2.45) is 0 Å². The molecule has 0 amide bonds. The lowest BCUT2D eigenvalue weighted by molar-refractivity contribution is 0.403. The average molecular weight is 328 g/mol. The molecule has 0 fully saturated rings. The van der Waals surface area contributed by atoms with Crippen molar-refractivity contribution in [3.8, 4) is 0 Å². The number of hydrogen-bond acceptors (Lipinski definition) is 4. The minimum atomic E-state index is -0.0680. The normalized spacial score (nSPS) is 13.4. The van der Waals surface area contributed by atoms with Gasteiger partial charge >= 0.3 is 0 Å². The molecule has 0 saturated heterocycles. The minimum Gasteiger partial charge on any atom is -0.305 e. The predicted molar refractivity (Wildman–Crippen MR) is 84.7 cm³/mol. The molecule has 0 radical (unpaired) electrons. The number of benzene rings is 1. The molecule has 0 bridgehead atoms. The van der Waals surface area contributed by atoms with Gasteiger partial charge in [0.15, 0.2) is 5.82 Å². The number of rotatable bonds is 4. The quantitative estimate of drug-likeness (QED) is 0.934. The zero-order valence-corrected chi connectivity index (χ0v) is 14.1. The van der Waals surface area contributed by atoms with Crippen LogP contribution in [0.3, 0.4) is 0 Å². The Morgan fingerprint density at radius 1 is 1.29 bits per heavy atom. The van der Waals surface area contributed by atoms with E-state index >= 15 is 0 Å². The monoisotopic (exact) mass is 327 g/mol. The lowest BCUT2D eigenvalue weighted by Crippen LogP contribution is -2.36. The second kappa shape index (κ2) is 6.30. The first-order valence-corrected chi connectivity index (χ1v) is 7.50. The average Bonchev–Trinajstić information content (AvgIpc) is 2.83. The number of tetrazole rings is 1. The van der Waals surface area contributed by atoms with E-state index in [-0.39, 0.29) is 11.6 Å². The third-order valence-electron chi connectivity index (χ3n) is 3.12. The van der Waals surface area contributed by atoms with E-state index < -0.39 is 0 Å². The molecule has 0 saturated carbocycles. The first-order valence-electron chi connectivity index (χ1n) is 6.74. The molecule has 1 aromatic heterocycles. The number of aromatic nitrogens is 4. The Hall–Kier alpha value is -1.17. The summed E-state index contributed by atoms with van der Waals surface area (Å²) in [5.74, 6) is 0.767. The van der Waals surface area contributed by atoms with Gasteiger partial charge in [-0.05, 0) is 55.8 Å². The summed E-state index contributed by atoms with van der Waals surface area (Å²) in [4.78, 5) is 0. The maximum absolute atomic E-state index is 6.26. The Labute approximate surface area is 134 Å². The molecule has 2 rings (SSSR count). The maximum atomic E-state index is 6.26. The van der Waals surface area contributed by atoms with E-state index in [1.807, 2.05) is 19.1 Å². The van der Waals surface area contributed by atoms with Crippen molar-refractivity contribution in [2.75, 3.05) is 0 Å². The highest BCUT2D eigenvalue weighted by Gasteiger charge is 2.19. The standard InChI is InChI=1S/C14H19Cl2N5/c1-9(11-6-5-10(15)7-12(11)16)21-13(18-19-20-21)8-17-14(2,3)4/h5-7,9,17H,8H2,1-4H3. The Morgan fingerprint density at radius 3 is 2.62 bits per heavy atom. The zero-order chi connectivity index (χ0) is 15.6. The van der Waals surface area contributed by atoms with Crippen LogP contribution in [-0.4, -0.2) is 25.7 Å². The predicted octanol–water partition coefficient (Wildman–Crippen LogP) is 3.48. The molecule has 1 heterocycles. The van der Waals surface area contributed by atoms with Crippen molar-refractivity contribution in [2.45, 2.75) is 45.8 Å². The van der Waals surface area contributed by atoms with Gasteiger partial charge in [-0.3, -0.25) is 0 Å². The van der Waals surface area contributed by atoms with Crippen molar-refractivity contribution in [1.29, 1.82) is 0 Å². The second-order valence-corrected chi connectivity index (χ2v) is 6.83. The molecular weight excluding hydrogens is 309 g/mol. The molecule has 1 atom stereocenters. The van der Waals surface area contributed by atoms with Crippen LogP contribution in [0.4, 0.5) is 0 Å². The highest BCUT2D eigenvalue weighted by molar-refractivity contribution is 6.35. The van der Waals surface area contributed by atoms with E-state index in [0.29, 0.717) is 16.6 Å². The van der Waals surface area contributed by atoms with Crippen LogP contribution in [-0.2, 0) is 6.54 Å². The van der Waals surface area contributed by atoms with Gasteiger partial charge in [0.2, 0.25) is 0 Å². The van der Waals surface area contributed by atoms with E-state index in [0.717, 1.165) is 11.4 Å². The fourth-order valence-corrected chi connectivity index (χ4v) is 2.51. The largest absolute Gasteiger partial charge is 0.305 e. The molecule has 0 spiro atoms. The van der Waals surface area contributed by atoms with Gasteiger partial charge in [-0.25, -0.2) is 4.68 Å². The lowest BCUT2D eigenvalue weighted by atomic mass is 10.1. The molecule has 7 heteroatoms. The third kappa shape index (κ3) is 4.15. The Kier molecular flexibility index (Phi) is 4.86. The van der Waals surface area contributed by atoms with Gasteiger partial charge in [-0.2, -0.15) is 0 Å². The van der Waals surface area contributed by atoms with Gasteiger partial charge < -0.3 is 5.32 Å². The minimum absolute atomic E-state index is 0.00205. The molecule has 1 unspecified atom stereocenters. The highest BCUT2D eigenvalue weighted by atomic mass is 35.5. The van der Waals surface area contributed by atoms with Crippen LogP contribution in [0.25, 0.3) is 0 Å². The number of halogens is 2. The van der Waals surface area contributed by atoms with Crippen LogP contribution >= 0.6 is 23.2 Å². The van der Waals surface area contributed by atoms with Crippen LogP contribution < -0.4 is 5.32 Å². The van der Waals surface area contributed by atoms with Gasteiger partial charge in [0.05, 0.1) is 12.6 Å². The van der Waals surface area contributed by atoms with Gasteiger partial charge in [-0.1, -0.05) is 29.3 Å². The van der Waals surface area contributed by atoms with Crippen molar-refractivity contribution < 1.29 is 0 Å². The van der Waals surface area contributed by atoms with Crippen LogP contribution in [0, 0.1) is 0 Å². The molecule has 0 aliphatic carbocycles. The summed E-state index contributed by atoms with van der Waals surface area (Å²) in [5, 5.41) is 16.5. The SMILES string of the molecule is CC(c1ccc(Cl)cc1Cl)n1nnnc1CNC(C)(C)C. The fourth-order valence-electron chi connectivity index (χ4n) is 1.95. The van der Waals surface area contributed by atoms with Crippen molar-refractivity contribution in [3.63, 3.8) is 0 Å². The number of nitrogens with zero attached hydrogens (tertiary/aromatic N) is 4. The third-order valence-corrected chi connectivity index (χ3v) is 3.68. The fraction of sp³-hybridized carbons (Fsp3) is 0.500.